The number of carbonyl (C=O) groups excluding carboxylic acids is 3. The Morgan fingerprint density at radius 1 is 1.20 bits per heavy atom. The number of aldehydes is 1. The zero-order valence-electron chi connectivity index (χ0n) is 23.9. The van der Waals surface area contributed by atoms with Crippen LogP contribution in [0.3, 0.4) is 0 Å². The van der Waals surface area contributed by atoms with E-state index in [1.54, 1.807) is 33.8 Å². The molecule has 0 bridgehead atoms. The van der Waals surface area contributed by atoms with E-state index < -0.39 is 47.4 Å². The van der Waals surface area contributed by atoms with Crippen LogP contribution in [0, 0.1) is 11.8 Å². The van der Waals surface area contributed by atoms with Crippen LogP contribution in [0.5, 0.6) is 0 Å². The second-order valence-electron chi connectivity index (χ2n) is 12.1. The molecule has 0 aromatic carbocycles. The number of nitrogens with zero attached hydrogens (tertiary/aromatic N) is 3. The summed E-state index contributed by atoms with van der Waals surface area (Å²) in [6.07, 6.45) is 1.94. The molecule has 1 aromatic heterocycles. The summed E-state index contributed by atoms with van der Waals surface area (Å²) in [5.41, 5.74) is 0.124. The van der Waals surface area contributed by atoms with Crippen molar-refractivity contribution in [3.63, 3.8) is 0 Å². The molecule has 1 aromatic rings. The first-order valence-electron chi connectivity index (χ1n) is 13.7. The van der Waals surface area contributed by atoms with Crippen LogP contribution < -0.4 is 10.6 Å². The molecule has 2 atom stereocenters. The first kappa shape index (κ1) is 32.3. The third-order valence-electron chi connectivity index (χ3n) is 7.33. The van der Waals surface area contributed by atoms with Gasteiger partial charge >= 0.3 is 6.09 Å². The highest BCUT2D eigenvalue weighted by atomic mass is 19.3. The van der Waals surface area contributed by atoms with Gasteiger partial charge in [0.1, 0.15) is 11.9 Å². The standard InChI is InChI=1S/C28H39F4N5O4/c1-17(20(8-11-38)35-23(39)13-18-14-28(31,32)15-18)12-22-34-21(16-37(22)33-5)24(36-25(40)41-26(2,3)4)19-6-9-27(29,30)10-7-19/h11-12,16,18-20,24H,5-10,13-15H2,1-4H3,(H,35,39)(H,36,40)/b17-12+/t20-,24+/m1/s1. The maximum Gasteiger partial charge on any atom is 0.408 e. The number of carbonyl (C=O) groups is 3. The van der Waals surface area contributed by atoms with E-state index in [1.165, 1.54) is 10.9 Å². The first-order chi connectivity index (χ1) is 19.0. The van der Waals surface area contributed by atoms with Gasteiger partial charge in [-0.15, -0.1) is 0 Å². The fourth-order valence-electron chi connectivity index (χ4n) is 5.23. The number of halogens is 4. The lowest BCUT2D eigenvalue weighted by Crippen LogP contribution is -2.41. The summed E-state index contributed by atoms with van der Waals surface area (Å²) < 4.78 is 60.8. The third kappa shape index (κ3) is 9.39. The largest absolute Gasteiger partial charge is 0.444 e. The summed E-state index contributed by atoms with van der Waals surface area (Å²) >= 11 is 0. The average Bonchev–Trinajstić information content (AvgIpc) is 3.22. The van der Waals surface area contributed by atoms with Gasteiger partial charge in [-0.2, -0.15) is 5.10 Å². The quantitative estimate of drug-likeness (QED) is 0.198. The molecule has 41 heavy (non-hydrogen) atoms. The highest BCUT2D eigenvalue weighted by Gasteiger charge is 2.46. The molecule has 228 valence electrons. The number of rotatable bonds is 11. The fourth-order valence-corrected chi connectivity index (χ4v) is 5.23. The molecule has 1 heterocycles. The van der Waals surface area contributed by atoms with E-state index in [4.69, 9.17) is 4.74 Å². The number of ether oxygens (including phenoxy) is 1. The molecule has 2 fully saturated rings. The van der Waals surface area contributed by atoms with Crippen molar-refractivity contribution in [1.82, 2.24) is 20.3 Å². The lowest BCUT2D eigenvalue weighted by Gasteiger charge is -2.34. The molecular formula is C28H39F4N5O4. The number of hydrogen-bond acceptors (Lipinski definition) is 6. The van der Waals surface area contributed by atoms with Crippen LogP contribution in [0.2, 0.25) is 0 Å². The third-order valence-corrected chi connectivity index (χ3v) is 7.33. The molecule has 0 unspecified atom stereocenters. The second-order valence-corrected chi connectivity index (χ2v) is 12.1. The molecule has 13 heteroatoms. The van der Waals surface area contributed by atoms with Gasteiger partial charge in [0.25, 0.3) is 0 Å². The van der Waals surface area contributed by atoms with Crippen molar-refractivity contribution in [2.75, 3.05) is 0 Å². The highest BCUT2D eigenvalue weighted by molar-refractivity contribution is 5.78. The maximum atomic E-state index is 13.9. The summed E-state index contributed by atoms with van der Waals surface area (Å²) in [6.45, 7) is 10.3. The van der Waals surface area contributed by atoms with Crippen LogP contribution in [0.25, 0.3) is 6.08 Å². The van der Waals surface area contributed by atoms with E-state index in [0.29, 0.717) is 17.6 Å². The molecule has 0 aliphatic heterocycles. The highest BCUT2D eigenvalue weighted by Crippen LogP contribution is 2.44. The van der Waals surface area contributed by atoms with Gasteiger partial charge in [-0.05, 0) is 64.0 Å². The number of alkyl carbamates (subject to hydrolysis) is 1. The van der Waals surface area contributed by atoms with Crippen molar-refractivity contribution in [1.29, 1.82) is 0 Å². The molecular weight excluding hydrogens is 546 g/mol. The van der Waals surface area contributed by atoms with Crippen LogP contribution in [0.15, 0.2) is 16.9 Å². The Bertz CT molecular complexity index is 1140. The Hall–Kier alpha value is -3.25. The van der Waals surface area contributed by atoms with Crippen molar-refractivity contribution in [3.05, 3.63) is 23.3 Å². The Morgan fingerprint density at radius 3 is 2.37 bits per heavy atom. The van der Waals surface area contributed by atoms with Crippen molar-refractivity contribution in [2.24, 2.45) is 16.9 Å². The summed E-state index contributed by atoms with van der Waals surface area (Å²) in [5, 5.41) is 9.45. The van der Waals surface area contributed by atoms with E-state index in [-0.39, 0.29) is 63.1 Å². The summed E-state index contributed by atoms with van der Waals surface area (Å²) in [4.78, 5) is 41.1. The van der Waals surface area contributed by atoms with Crippen molar-refractivity contribution < 1.29 is 36.7 Å². The molecule has 2 amide bonds. The summed E-state index contributed by atoms with van der Waals surface area (Å²) in [5.74, 6) is -6.41. The van der Waals surface area contributed by atoms with Crippen LogP contribution in [-0.2, 0) is 14.3 Å². The van der Waals surface area contributed by atoms with Gasteiger partial charge in [-0.1, -0.05) is 0 Å². The Balaban J connectivity index is 1.83. The number of nitrogens with one attached hydrogen (secondary N) is 2. The minimum absolute atomic E-state index is 0.0525. The number of aromatic nitrogens is 2. The predicted molar refractivity (Wildman–Crippen MR) is 145 cm³/mol. The Kier molecular flexibility index (Phi) is 10.0. The number of amides is 2. The second kappa shape index (κ2) is 12.7. The number of alkyl halides is 4. The molecule has 0 radical (unpaired) electrons. The summed E-state index contributed by atoms with van der Waals surface area (Å²) in [6, 6.07) is -1.46. The van der Waals surface area contributed by atoms with E-state index >= 15 is 0 Å². The smallest absolute Gasteiger partial charge is 0.408 e. The van der Waals surface area contributed by atoms with Gasteiger partial charge in [-0.3, -0.25) is 4.79 Å². The fraction of sp³-hybridized carbons (Fsp3) is 0.679. The monoisotopic (exact) mass is 585 g/mol. The number of hydrogen-bond donors (Lipinski definition) is 2. The normalized spacial score (nSPS) is 20.8. The molecule has 2 saturated carbocycles. The average molecular weight is 586 g/mol. The van der Waals surface area contributed by atoms with Crippen LogP contribution in [0.1, 0.15) is 96.6 Å². The van der Waals surface area contributed by atoms with E-state index in [9.17, 15) is 31.9 Å². The van der Waals surface area contributed by atoms with E-state index in [0.717, 1.165) is 0 Å². The van der Waals surface area contributed by atoms with Crippen LogP contribution >= 0.6 is 0 Å². The molecule has 0 spiro atoms. The van der Waals surface area contributed by atoms with E-state index in [1.807, 2.05) is 0 Å². The zero-order chi connectivity index (χ0) is 30.6. The van der Waals surface area contributed by atoms with Crippen molar-refractivity contribution in [2.45, 2.75) is 109 Å². The molecule has 9 nitrogen and oxygen atoms in total. The molecule has 0 saturated heterocycles. The maximum absolute atomic E-state index is 13.9. The van der Waals surface area contributed by atoms with Crippen molar-refractivity contribution in [3.8, 4) is 0 Å². The van der Waals surface area contributed by atoms with Crippen LogP contribution in [-0.4, -0.2) is 58.2 Å². The number of imidazole rings is 1. The minimum Gasteiger partial charge on any atom is -0.444 e. The topological polar surface area (TPSA) is 115 Å². The van der Waals surface area contributed by atoms with Crippen LogP contribution in [0.4, 0.5) is 22.4 Å². The van der Waals surface area contributed by atoms with Gasteiger partial charge in [0.15, 0.2) is 5.82 Å². The molecule has 2 N–H and O–H groups in total. The molecule has 2 aliphatic rings. The van der Waals surface area contributed by atoms with Gasteiger partial charge in [0.2, 0.25) is 17.8 Å². The predicted octanol–water partition coefficient (Wildman–Crippen LogP) is 5.65. The lowest BCUT2D eigenvalue weighted by atomic mass is 9.79. The molecule has 3 rings (SSSR count). The van der Waals surface area contributed by atoms with Gasteiger partial charge < -0.3 is 20.2 Å². The van der Waals surface area contributed by atoms with Gasteiger partial charge in [-0.25, -0.2) is 32.0 Å². The Labute approximate surface area is 237 Å². The summed E-state index contributed by atoms with van der Waals surface area (Å²) in [7, 11) is 0. The van der Waals surface area contributed by atoms with Gasteiger partial charge in [0.05, 0.1) is 24.0 Å². The van der Waals surface area contributed by atoms with E-state index in [2.05, 4.69) is 27.4 Å². The Morgan fingerprint density at radius 2 is 1.83 bits per heavy atom. The van der Waals surface area contributed by atoms with Gasteiger partial charge in [0, 0.05) is 45.2 Å². The SMILES string of the molecule is C=Nn1cc([C@@H](NC(=O)OC(C)(C)C)C2CCC(F)(F)CC2)nc1/C=C(\C)[C@@H](CC=O)NC(=O)CC1CC(F)(F)C1. The zero-order valence-corrected chi connectivity index (χ0v) is 23.9. The van der Waals surface area contributed by atoms with Crippen molar-refractivity contribution >= 4 is 31.1 Å². The molecule has 2 aliphatic carbocycles. The first-order valence-corrected chi connectivity index (χ1v) is 13.7. The minimum atomic E-state index is -2.77. The lowest BCUT2D eigenvalue weighted by molar-refractivity contribution is -0.134.